The van der Waals surface area contributed by atoms with Crippen LogP contribution in [0.5, 0.6) is 5.75 Å². The lowest BCUT2D eigenvalue weighted by Gasteiger charge is -2.36. The van der Waals surface area contributed by atoms with E-state index in [2.05, 4.69) is 9.88 Å². The van der Waals surface area contributed by atoms with Crippen LogP contribution in [0.2, 0.25) is 0 Å². The second kappa shape index (κ2) is 9.03. The number of benzene rings is 1. The molecular formula is C19H21F2N3O2S. The Morgan fingerprint density at radius 1 is 1.19 bits per heavy atom. The van der Waals surface area contributed by atoms with E-state index in [4.69, 9.17) is 4.74 Å². The van der Waals surface area contributed by atoms with Gasteiger partial charge in [0.2, 0.25) is 0 Å². The summed E-state index contributed by atoms with van der Waals surface area (Å²) in [5.41, 5.74) is 1.23. The van der Waals surface area contributed by atoms with Gasteiger partial charge in [0.05, 0.1) is 17.9 Å². The Morgan fingerprint density at radius 2 is 1.93 bits per heavy atom. The first-order valence-electron chi connectivity index (χ1n) is 8.76. The van der Waals surface area contributed by atoms with Crippen LogP contribution in [0, 0.1) is 0 Å². The third-order valence-electron chi connectivity index (χ3n) is 4.27. The summed E-state index contributed by atoms with van der Waals surface area (Å²) in [6, 6.07) is 11.0. The Morgan fingerprint density at radius 3 is 2.63 bits per heavy atom. The molecule has 144 valence electrons. The van der Waals surface area contributed by atoms with Crippen LogP contribution in [0.25, 0.3) is 0 Å². The number of rotatable bonds is 6. The topological polar surface area (TPSA) is 45.7 Å². The van der Waals surface area contributed by atoms with Gasteiger partial charge in [0, 0.05) is 32.4 Å². The number of carbonyl (C=O) groups excluding carboxylic acids is 1. The Balaban J connectivity index is 1.69. The van der Waals surface area contributed by atoms with E-state index in [9.17, 15) is 13.6 Å². The van der Waals surface area contributed by atoms with Gasteiger partial charge in [-0.25, -0.2) is 4.98 Å². The zero-order valence-electron chi connectivity index (χ0n) is 15.0. The highest BCUT2D eigenvalue weighted by atomic mass is 32.2. The summed E-state index contributed by atoms with van der Waals surface area (Å²) >= 11 is 0.303. The van der Waals surface area contributed by atoms with Gasteiger partial charge in [-0.2, -0.15) is 8.78 Å². The molecule has 8 heteroatoms. The molecule has 1 aliphatic rings. The van der Waals surface area contributed by atoms with Gasteiger partial charge in [-0.05, 0) is 43.0 Å². The number of pyridine rings is 1. The van der Waals surface area contributed by atoms with Gasteiger partial charge < -0.3 is 14.5 Å². The summed E-state index contributed by atoms with van der Waals surface area (Å²) < 4.78 is 31.1. The van der Waals surface area contributed by atoms with E-state index in [1.165, 1.54) is 6.20 Å². The fourth-order valence-electron chi connectivity index (χ4n) is 3.05. The van der Waals surface area contributed by atoms with Gasteiger partial charge >= 0.3 is 0 Å². The quantitative estimate of drug-likeness (QED) is 0.700. The number of amides is 1. The molecule has 2 heterocycles. The standard InChI is InChI=1S/C19H21F2N3O2S/c1-2-26-16-8-4-3-7-15(16)23-10-12-24(13-11-23)18(25)14-6-5-9-22-17(14)27-19(20)21/h3-9,19H,2,10-13H2,1H3. The lowest BCUT2D eigenvalue weighted by Crippen LogP contribution is -2.49. The molecule has 1 aromatic heterocycles. The van der Waals surface area contributed by atoms with Crippen LogP contribution in [-0.2, 0) is 0 Å². The molecule has 1 fully saturated rings. The highest BCUT2D eigenvalue weighted by Gasteiger charge is 2.26. The van der Waals surface area contributed by atoms with Crippen LogP contribution in [0.3, 0.4) is 0 Å². The van der Waals surface area contributed by atoms with Crippen molar-refractivity contribution in [2.24, 2.45) is 0 Å². The number of hydrogen-bond donors (Lipinski definition) is 0. The molecule has 0 saturated carbocycles. The largest absolute Gasteiger partial charge is 0.492 e. The molecule has 0 N–H and O–H groups in total. The number of halogens is 2. The predicted octanol–water partition coefficient (Wildman–Crippen LogP) is 3.76. The molecule has 1 saturated heterocycles. The number of hydrogen-bond acceptors (Lipinski definition) is 5. The highest BCUT2D eigenvalue weighted by Crippen LogP contribution is 2.30. The summed E-state index contributed by atoms with van der Waals surface area (Å²) in [4.78, 5) is 20.6. The Labute approximate surface area is 161 Å². The molecule has 1 aliphatic heterocycles. The van der Waals surface area contributed by atoms with E-state index >= 15 is 0 Å². The lowest BCUT2D eigenvalue weighted by atomic mass is 10.2. The molecule has 0 radical (unpaired) electrons. The van der Waals surface area contributed by atoms with Crippen LogP contribution >= 0.6 is 11.8 Å². The van der Waals surface area contributed by atoms with Gasteiger partial charge in [0.1, 0.15) is 10.8 Å². The van der Waals surface area contributed by atoms with Gasteiger partial charge in [-0.15, -0.1) is 0 Å². The molecule has 3 rings (SSSR count). The van der Waals surface area contributed by atoms with E-state index in [-0.39, 0.29) is 16.5 Å². The van der Waals surface area contributed by atoms with Crippen molar-refractivity contribution in [3.05, 3.63) is 48.2 Å². The molecule has 1 amide bonds. The van der Waals surface area contributed by atoms with Crippen molar-refractivity contribution in [3.63, 3.8) is 0 Å². The molecule has 0 bridgehead atoms. The monoisotopic (exact) mass is 393 g/mol. The van der Waals surface area contributed by atoms with Crippen molar-refractivity contribution in [1.82, 2.24) is 9.88 Å². The van der Waals surface area contributed by atoms with Crippen LogP contribution in [0.1, 0.15) is 17.3 Å². The summed E-state index contributed by atoms with van der Waals surface area (Å²) in [6.07, 6.45) is 1.42. The van der Waals surface area contributed by atoms with Crippen LogP contribution < -0.4 is 9.64 Å². The third-order valence-corrected chi connectivity index (χ3v) is 5.00. The van der Waals surface area contributed by atoms with Crippen LogP contribution in [0.4, 0.5) is 14.5 Å². The van der Waals surface area contributed by atoms with Crippen molar-refractivity contribution in [3.8, 4) is 5.75 Å². The number of para-hydroxylation sites is 2. The predicted molar refractivity (Wildman–Crippen MR) is 102 cm³/mol. The van der Waals surface area contributed by atoms with Crippen molar-refractivity contribution in [2.75, 3.05) is 37.7 Å². The van der Waals surface area contributed by atoms with Gasteiger partial charge in [-0.3, -0.25) is 4.79 Å². The van der Waals surface area contributed by atoms with Crippen molar-refractivity contribution < 1.29 is 18.3 Å². The number of nitrogens with zero attached hydrogens (tertiary/aromatic N) is 3. The van der Waals surface area contributed by atoms with Crippen molar-refractivity contribution >= 4 is 23.4 Å². The van der Waals surface area contributed by atoms with Gasteiger partial charge in [-0.1, -0.05) is 12.1 Å². The first-order chi connectivity index (χ1) is 13.1. The molecule has 27 heavy (non-hydrogen) atoms. The number of alkyl halides is 2. The van der Waals surface area contributed by atoms with E-state index in [1.807, 2.05) is 31.2 Å². The number of anilines is 1. The number of aromatic nitrogens is 1. The summed E-state index contributed by atoms with van der Waals surface area (Å²) in [5, 5.41) is 0.0709. The minimum absolute atomic E-state index is 0.0709. The number of ether oxygens (including phenoxy) is 1. The van der Waals surface area contributed by atoms with E-state index in [0.29, 0.717) is 44.5 Å². The molecule has 0 aliphatic carbocycles. The molecule has 1 aromatic carbocycles. The third kappa shape index (κ3) is 4.68. The fourth-order valence-corrected chi connectivity index (χ4v) is 3.62. The summed E-state index contributed by atoms with van der Waals surface area (Å²) in [7, 11) is 0. The summed E-state index contributed by atoms with van der Waals surface area (Å²) in [6.45, 7) is 4.83. The second-order valence-electron chi connectivity index (χ2n) is 5.91. The first kappa shape index (κ1) is 19.4. The molecule has 0 spiro atoms. The van der Waals surface area contributed by atoms with Gasteiger partial charge in [0.25, 0.3) is 11.7 Å². The van der Waals surface area contributed by atoms with Crippen LogP contribution in [-0.4, -0.2) is 54.3 Å². The smallest absolute Gasteiger partial charge is 0.290 e. The number of carbonyl (C=O) groups is 1. The minimum atomic E-state index is -2.61. The lowest BCUT2D eigenvalue weighted by molar-refractivity contribution is 0.0742. The zero-order valence-corrected chi connectivity index (χ0v) is 15.8. The molecule has 2 aromatic rings. The van der Waals surface area contributed by atoms with Gasteiger partial charge in [0.15, 0.2) is 0 Å². The second-order valence-corrected chi connectivity index (χ2v) is 6.89. The highest BCUT2D eigenvalue weighted by molar-refractivity contribution is 7.99. The SMILES string of the molecule is CCOc1ccccc1N1CCN(C(=O)c2cccnc2SC(F)F)CC1. The Bertz CT molecular complexity index is 783. The van der Waals surface area contributed by atoms with Crippen LogP contribution in [0.15, 0.2) is 47.6 Å². The molecule has 5 nitrogen and oxygen atoms in total. The van der Waals surface area contributed by atoms with Crippen molar-refractivity contribution in [1.29, 1.82) is 0 Å². The average molecular weight is 393 g/mol. The van der Waals surface area contributed by atoms with E-state index < -0.39 is 5.76 Å². The molecule has 0 atom stereocenters. The number of piperazine rings is 1. The zero-order chi connectivity index (χ0) is 19.2. The van der Waals surface area contributed by atoms with Crippen molar-refractivity contribution in [2.45, 2.75) is 17.7 Å². The first-order valence-corrected chi connectivity index (χ1v) is 9.64. The number of thioether (sulfide) groups is 1. The maximum Gasteiger partial charge on any atom is 0.290 e. The Hall–Kier alpha value is -2.35. The average Bonchev–Trinajstić information content (AvgIpc) is 2.68. The van der Waals surface area contributed by atoms with E-state index in [1.54, 1.807) is 17.0 Å². The maximum absolute atomic E-state index is 12.8. The molecule has 0 unspecified atom stereocenters. The van der Waals surface area contributed by atoms with E-state index in [0.717, 1.165) is 11.4 Å². The normalized spacial score (nSPS) is 14.5. The minimum Gasteiger partial charge on any atom is -0.492 e. The Kier molecular flexibility index (Phi) is 6.49. The summed E-state index contributed by atoms with van der Waals surface area (Å²) in [5.74, 6) is -2.05. The fraction of sp³-hybridized carbons (Fsp3) is 0.368. The molecular weight excluding hydrogens is 372 g/mol. The maximum atomic E-state index is 12.8.